The zero-order valence-electron chi connectivity index (χ0n) is 18.9. The molecule has 180 valence electrons. The summed E-state index contributed by atoms with van der Waals surface area (Å²) in [5, 5.41) is 11.4. The number of anilines is 2. The summed E-state index contributed by atoms with van der Waals surface area (Å²) in [6.45, 7) is 4.80. The summed E-state index contributed by atoms with van der Waals surface area (Å²) in [5.41, 5.74) is 0.884. The Morgan fingerprint density at radius 1 is 1.15 bits per heavy atom. The van der Waals surface area contributed by atoms with Gasteiger partial charge in [0.15, 0.2) is 5.82 Å². The number of ether oxygens (including phenoxy) is 1. The van der Waals surface area contributed by atoms with Gasteiger partial charge in [-0.1, -0.05) is 24.3 Å². The van der Waals surface area contributed by atoms with Crippen LogP contribution in [0.5, 0.6) is 5.75 Å². The molecule has 0 radical (unpaired) electrons. The van der Waals surface area contributed by atoms with Crippen molar-refractivity contribution in [1.29, 1.82) is 0 Å². The predicted octanol–water partition coefficient (Wildman–Crippen LogP) is 3.99. The van der Waals surface area contributed by atoms with E-state index < -0.39 is 11.7 Å². The maximum Gasteiger partial charge on any atom is 0.270 e. The van der Waals surface area contributed by atoms with Crippen molar-refractivity contribution in [2.24, 2.45) is 0 Å². The van der Waals surface area contributed by atoms with Gasteiger partial charge in [-0.2, -0.15) is 5.10 Å². The number of aromatic amines is 1. The fraction of sp³-hybridized carbons (Fsp3) is 0.217. The number of carbonyl (C=O) groups excluding carboxylic acids is 3. The second-order valence-corrected chi connectivity index (χ2v) is 7.41. The smallest absolute Gasteiger partial charge is 0.270 e. The molecule has 2 aromatic carbocycles. The molecule has 1 heterocycles. The summed E-state index contributed by atoms with van der Waals surface area (Å²) < 4.78 is 18.9. The molecular formula is C23H25BrFN5O4. The minimum atomic E-state index is -0.650. The molecule has 0 aliphatic carbocycles. The van der Waals surface area contributed by atoms with Gasteiger partial charge in [0, 0.05) is 13.1 Å². The normalized spacial score (nSPS) is 9.91. The van der Waals surface area contributed by atoms with Gasteiger partial charge < -0.3 is 20.3 Å². The molecule has 34 heavy (non-hydrogen) atoms. The number of rotatable bonds is 8. The maximum atomic E-state index is 13.5. The number of methoxy groups -OCH3 is 1. The number of benzene rings is 2. The molecule has 0 aliphatic rings. The molecule has 1 aromatic heterocycles. The third-order valence-corrected chi connectivity index (χ3v) is 5.26. The molecule has 3 amide bonds. The molecule has 0 aliphatic heterocycles. The molecule has 11 heteroatoms. The molecule has 0 saturated carbocycles. The second-order valence-electron chi connectivity index (χ2n) is 6.62. The molecule has 3 rings (SSSR count). The topological polar surface area (TPSA) is 116 Å². The average molecular weight is 534 g/mol. The minimum absolute atomic E-state index is 0.105. The number of carbonyl (C=O) groups is 3. The van der Waals surface area contributed by atoms with Crippen LogP contribution in [0.25, 0.3) is 0 Å². The van der Waals surface area contributed by atoms with Crippen LogP contribution in [-0.2, 0) is 4.79 Å². The first-order valence-electron chi connectivity index (χ1n) is 10.3. The lowest BCUT2D eigenvalue weighted by molar-refractivity contribution is -0.107. The Morgan fingerprint density at radius 3 is 2.44 bits per heavy atom. The maximum absolute atomic E-state index is 13.5. The minimum Gasteiger partial charge on any atom is -0.495 e. The Hall–Kier alpha value is -3.73. The fourth-order valence-electron chi connectivity index (χ4n) is 2.80. The van der Waals surface area contributed by atoms with Crippen LogP contribution in [0.3, 0.4) is 0 Å². The van der Waals surface area contributed by atoms with Crippen LogP contribution in [0.4, 0.5) is 15.9 Å². The molecule has 0 saturated heterocycles. The number of halogens is 2. The van der Waals surface area contributed by atoms with E-state index in [1.165, 1.54) is 18.2 Å². The van der Waals surface area contributed by atoms with Crippen LogP contribution in [0.2, 0.25) is 0 Å². The van der Waals surface area contributed by atoms with E-state index in [2.05, 4.69) is 36.8 Å². The van der Waals surface area contributed by atoms with Gasteiger partial charge >= 0.3 is 0 Å². The lowest BCUT2D eigenvalue weighted by Gasteiger charge is -2.17. The fourth-order valence-corrected chi connectivity index (χ4v) is 3.26. The Balaban J connectivity index is 0.000000270. The van der Waals surface area contributed by atoms with Gasteiger partial charge in [-0.3, -0.25) is 19.5 Å². The van der Waals surface area contributed by atoms with Crippen LogP contribution >= 0.6 is 15.9 Å². The van der Waals surface area contributed by atoms with Gasteiger partial charge in [-0.25, -0.2) is 4.39 Å². The Kier molecular flexibility index (Phi) is 10.2. The highest BCUT2D eigenvalue weighted by Gasteiger charge is 2.19. The number of aromatic nitrogens is 2. The molecule has 3 N–H and O–H groups in total. The first-order chi connectivity index (χ1) is 16.4. The van der Waals surface area contributed by atoms with E-state index in [0.717, 1.165) is 17.8 Å². The first kappa shape index (κ1) is 26.5. The number of nitrogens with one attached hydrogen (secondary N) is 3. The third kappa shape index (κ3) is 6.64. The van der Waals surface area contributed by atoms with Gasteiger partial charge in [-0.05, 0) is 54.0 Å². The largest absolute Gasteiger partial charge is 0.495 e. The molecule has 0 bridgehead atoms. The number of para-hydroxylation sites is 2. The number of amides is 3. The highest BCUT2D eigenvalue weighted by Crippen LogP contribution is 2.26. The monoisotopic (exact) mass is 533 g/mol. The van der Waals surface area contributed by atoms with Gasteiger partial charge in [-0.15, -0.1) is 0 Å². The summed E-state index contributed by atoms with van der Waals surface area (Å²) in [7, 11) is 1.59. The van der Waals surface area contributed by atoms with Crippen molar-refractivity contribution >= 4 is 45.7 Å². The van der Waals surface area contributed by atoms with Crippen LogP contribution in [0.1, 0.15) is 34.7 Å². The Morgan fingerprint density at radius 2 is 1.82 bits per heavy atom. The number of hydrogen-bond donors (Lipinski definition) is 3. The standard InChI is InChI=1S/C13H12BrFN4O2.C10H13NO2/c1-2-16-13(21)10-9(14)11(19-18-10)17-12(20)7-5-3-4-6-8(7)15;1-3-11(8-12)9-6-4-5-7-10(9)13-2/h3-6H,2H2,1H3,(H,16,21)(H2,17,18,19,20);4-8H,3H2,1-2H3. The van der Waals surface area contributed by atoms with Crippen LogP contribution < -0.4 is 20.3 Å². The van der Waals surface area contributed by atoms with Gasteiger partial charge in [0.25, 0.3) is 11.8 Å². The second kappa shape index (κ2) is 13.1. The molecule has 0 unspecified atom stereocenters. The summed E-state index contributed by atoms with van der Waals surface area (Å²) in [6, 6.07) is 13.0. The first-order valence-corrected chi connectivity index (χ1v) is 11.1. The van der Waals surface area contributed by atoms with E-state index >= 15 is 0 Å². The van der Waals surface area contributed by atoms with Gasteiger partial charge in [0.1, 0.15) is 17.3 Å². The molecular weight excluding hydrogens is 509 g/mol. The van der Waals surface area contributed by atoms with E-state index in [1.54, 1.807) is 25.0 Å². The molecule has 0 fully saturated rings. The van der Waals surface area contributed by atoms with Crippen molar-refractivity contribution in [3.05, 3.63) is 70.1 Å². The Bertz CT molecular complexity index is 1140. The Labute approximate surface area is 204 Å². The van der Waals surface area contributed by atoms with E-state index in [9.17, 15) is 18.8 Å². The zero-order chi connectivity index (χ0) is 25.1. The average Bonchev–Trinajstić information content (AvgIpc) is 3.21. The third-order valence-electron chi connectivity index (χ3n) is 4.48. The van der Waals surface area contributed by atoms with Crippen molar-refractivity contribution in [3.63, 3.8) is 0 Å². The van der Waals surface area contributed by atoms with Crippen LogP contribution in [0.15, 0.2) is 53.0 Å². The van der Waals surface area contributed by atoms with Crippen LogP contribution in [-0.4, -0.2) is 48.6 Å². The van der Waals surface area contributed by atoms with Crippen molar-refractivity contribution in [2.75, 3.05) is 30.4 Å². The van der Waals surface area contributed by atoms with Gasteiger partial charge in [0.2, 0.25) is 6.41 Å². The summed E-state index contributed by atoms with van der Waals surface area (Å²) >= 11 is 3.18. The highest BCUT2D eigenvalue weighted by atomic mass is 79.9. The summed E-state index contributed by atoms with van der Waals surface area (Å²) in [6.07, 6.45) is 0.803. The van der Waals surface area contributed by atoms with E-state index in [0.29, 0.717) is 17.6 Å². The lowest BCUT2D eigenvalue weighted by atomic mass is 10.2. The summed E-state index contributed by atoms with van der Waals surface area (Å²) in [4.78, 5) is 35.9. The van der Waals surface area contributed by atoms with Crippen LogP contribution in [0, 0.1) is 5.82 Å². The SMILES string of the molecule is CCN(C=O)c1ccccc1OC.CCNC(=O)c1[nH]nc(NC(=O)c2ccccc2F)c1Br. The number of H-pyrrole nitrogens is 1. The van der Waals surface area contributed by atoms with Crippen molar-refractivity contribution in [2.45, 2.75) is 13.8 Å². The predicted molar refractivity (Wildman–Crippen MR) is 131 cm³/mol. The van der Waals surface area contributed by atoms with E-state index in [-0.39, 0.29) is 23.0 Å². The van der Waals surface area contributed by atoms with E-state index in [4.69, 9.17) is 4.74 Å². The quantitative estimate of drug-likeness (QED) is 0.378. The van der Waals surface area contributed by atoms with Crippen molar-refractivity contribution < 1.29 is 23.5 Å². The number of nitrogens with zero attached hydrogens (tertiary/aromatic N) is 2. The summed E-state index contributed by atoms with van der Waals surface area (Å²) in [5.74, 6) is -0.808. The van der Waals surface area contributed by atoms with E-state index in [1.807, 2.05) is 31.2 Å². The molecule has 3 aromatic rings. The molecule has 9 nitrogen and oxygen atoms in total. The lowest BCUT2D eigenvalue weighted by Crippen LogP contribution is -2.23. The molecule has 0 atom stereocenters. The highest BCUT2D eigenvalue weighted by molar-refractivity contribution is 9.10. The zero-order valence-corrected chi connectivity index (χ0v) is 20.5. The molecule has 0 spiro atoms. The van der Waals surface area contributed by atoms with Gasteiger partial charge in [0.05, 0.1) is 22.8 Å². The van der Waals surface area contributed by atoms with Crippen molar-refractivity contribution in [3.8, 4) is 5.75 Å². The van der Waals surface area contributed by atoms with Crippen molar-refractivity contribution in [1.82, 2.24) is 15.5 Å². The number of hydrogen-bond acceptors (Lipinski definition) is 5.